The van der Waals surface area contributed by atoms with E-state index in [2.05, 4.69) is 16.7 Å². The van der Waals surface area contributed by atoms with Crippen LogP contribution in [0.15, 0.2) is 137 Å². The zero-order chi connectivity index (χ0) is 32.2. The van der Waals surface area contributed by atoms with Gasteiger partial charge in [0.15, 0.2) is 11.7 Å². The predicted molar refractivity (Wildman–Crippen MR) is 156 cm³/mol. The Balaban J connectivity index is 1.74. The molecule has 0 radical (unpaired) electrons. The number of hydrogen-bond acceptors (Lipinski definition) is 1. The minimum atomic E-state index is -0.515. The average molecular weight is 485 g/mol. The number of benzene rings is 5. The lowest BCUT2D eigenvalue weighted by molar-refractivity contribution is 1.18. The summed E-state index contributed by atoms with van der Waals surface area (Å²) in [5, 5.41) is 8.92. The molecule has 6 aromatic rings. The standard InChI is InChI=1S/C33H24N4/c1-35-33(24-14-6-3-7-15-24)36-32(34)26-20-25(23-12-4-2-5-13-23)21-27(22-26)37-30-18-10-8-16-28(30)29-17-9-11-19-31(29)37/h2-22,34H,1H2/i8D,9D,10D,11D,16D,17D,18D,19D. The molecule has 5 aromatic carbocycles. The number of hydrogen-bond donors (Lipinski definition) is 1. The average Bonchev–Trinajstić information content (AvgIpc) is 3.44. The third-order valence-electron chi connectivity index (χ3n) is 5.99. The van der Waals surface area contributed by atoms with Crippen LogP contribution in [-0.4, -0.2) is 23.0 Å². The minimum Gasteiger partial charge on any atom is -0.309 e. The van der Waals surface area contributed by atoms with Gasteiger partial charge < -0.3 is 4.57 Å². The first-order valence-electron chi connectivity index (χ1n) is 15.5. The SMILES string of the molecule is [2H]c1c([2H])c([2H])c2c(c1[2H])c1c([2H])c([2H])c([2H])c([2H])c1n2-c1cc(C(=N)N=C(N=C)c2ccccc2)cc(-c2ccccc2)c1. The molecule has 0 aliphatic carbocycles. The molecule has 4 heteroatoms. The van der Waals surface area contributed by atoms with Crippen LogP contribution < -0.4 is 0 Å². The molecule has 0 spiro atoms. The monoisotopic (exact) mass is 484 g/mol. The van der Waals surface area contributed by atoms with Gasteiger partial charge in [0.2, 0.25) is 0 Å². The van der Waals surface area contributed by atoms with Crippen molar-refractivity contribution < 1.29 is 11.0 Å². The fourth-order valence-electron chi connectivity index (χ4n) is 4.30. The molecule has 6 rings (SSSR count). The van der Waals surface area contributed by atoms with Crippen LogP contribution in [0.2, 0.25) is 0 Å². The van der Waals surface area contributed by atoms with Gasteiger partial charge in [-0.15, -0.1) is 0 Å². The molecule has 0 aliphatic heterocycles. The zero-order valence-electron chi connectivity index (χ0n) is 27.6. The molecule has 0 aliphatic rings. The Bertz CT molecular complexity index is 2150. The van der Waals surface area contributed by atoms with Crippen molar-refractivity contribution in [2.75, 3.05) is 0 Å². The van der Waals surface area contributed by atoms with Gasteiger partial charge in [-0.1, -0.05) is 96.9 Å². The summed E-state index contributed by atoms with van der Waals surface area (Å²) in [7, 11) is 0. The van der Waals surface area contributed by atoms with E-state index in [0.717, 1.165) is 5.56 Å². The number of fused-ring (bicyclic) bond motifs is 3. The van der Waals surface area contributed by atoms with Crippen LogP contribution in [0.4, 0.5) is 0 Å². The van der Waals surface area contributed by atoms with Crippen molar-refractivity contribution >= 4 is 40.2 Å². The van der Waals surface area contributed by atoms with Crippen molar-refractivity contribution in [1.82, 2.24) is 4.57 Å². The van der Waals surface area contributed by atoms with Crippen molar-refractivity contribution in [3.63, 3.8) is 0 Å². The van der Waals surface area contributed by atoms with Gasteiger partial charge in [0.05, 0.1) is 22.0 Å². The van der Waals surface area contributed by atoms with Crippen molar-refractivity contribution in [2.45, 2.75) is 0 Å². The highest BCUT2D eigenvalue weighted by Crippen LogP contribution is 2.34. The van der Waals surface area contributed by atoms with Crippen molar-refractivity contribution in [2.24, 2.45) is 9.98 Å². The lowest BCUT2D eigenvalue weighted by atomic mass is 10.0. The van der Waals surface area contributed by atoms with E-state index >= 15 is 0 Å². The first-order valence-corrected chi connectivity index (χ1v) is 11.5. The van der Waals surface area contributed by atoms with Gasteiger partial charge in [0.1, 0.15) is 0 Å². The van der Waals surface area contributed by atoms with Crippen molar-refractivity contribution in [1.29, 1.82) is 5.41 Å². The van der Waals surface area contributed by atoms with Gasteiger partial charge in [-0.05, 0) is 48.1 Å². The van der Waals surface area contributed by atoms with E-state index < -0.39 is 48.3 Å². The topological polar surface area (TPSA) is 53.5 Å². The molecule has 1 heterocycles. The minimum absolute atomic E-state index is 0.00748. The van der Waals surface area contributed by atoms with Crippen LogP contribution in [-0.2, 0) is 0 Å². The Hall–Kier alpha value is -5.09. The van der Waals surface area contributed by atoms with Crippen LogP contribution in [0, 0.1) is 5.41 Å². The summed E-state index contributed by atoms with van der Waals surface area (Å²) in [4.78, 5) is 8.47. The first-order chi connectivity index (χ1) is 21.5. The van der Waals surface area contributed by atoms with Gasteiger partial charge in [0.25, 0.3) is 0 Å². The van der Waals surface area contributed by atoms with Gasteiger partial charge >= 0.3 is 0 Å². The summed E-state index contributed by atoms with van der Waals surface area (Å²) in [6, 6.07) is 19.8. The number of aliphatic imine (C=N–C) groups is 2. The predicted octanol–water partition coefficient (Wildman–Crippen LogP) is 7.92. The molecular weight excluding hydrogens is 452 g/mol. The maximum Gasteiger partial charge on any atom is 0.161 e. The number of nitrogens with one attached hydrogen (secondary N) is 1. The third-order valence-corrected chi connectivity index (χ3v) is 5.99. The van der Waals surface area contributed by atoms with Crippen LogP contribution in [0.25, 0.3) is 38.6 Å². The van der Waals surface area contributed by atoms with Gasteiger partial charge in [0, 0.05) is 27.6 Å². The molecule has 1 N–H and O–H groups in total. The van der Waals surface area contributed by atoms with E-state index in [9.17, 15) is 0 Å². The summed E-state index contributed by atoms with van der Waals surface area (Å²) in [5.41, 5.74) is 2.72. The molecule has 0 fully saturated rings. The highest BCUT2D eigenvalue weighted by Gasteiger charge is 2.15. The van der Waals surface area contributed by atoms with Crippen molar-refractivity contribution in [3.05, 3.63) is 138 Å². The second kappa shape index (κ2) is 9.51. The number of para-hydroxylation sites is 2. The molecule has 0 atom stereocenters. The van der Waals surface area contributed by atoms with Gasteiger partial charge in [-0.3, -0.25) is 5.41 Å². The highest BCUT2D eigenvalue weighted by molar-refractivity contribution is 6.13. The van der Waals surface area contributed by atoms with Crippen LogP contribution in [0.5, 0.6) is 0 Å². The molecule has 0 bridgehead atoms. The quantitative estimate of drug-likeness (QED) is 0.195. The van der Waals surface area contributed by atoms with Crippen LogP contribution >= 0.6 is 0 Å². The maximum atomic E-state index is 8.97. The molecule has 0 saturated heterocycles. The molecule has 0 unspecified atom stereocenters. The molecular formula is C33H24N4. The van der Waals surface area contributed by atoms with E-state index in [1.165, 1.54) is 4.57 Å². The Labute approximate surface area is 226 Å². The van der Waals surface area contributed by atoms with E-state index in [1.807, 2.05) is 48.5 Å². The number of aromatic nitrogens is 1. The van der Waals surface area contributed by atoms with Gasteiger partial charge in [-0.25, -0.2) is 9.98 Å². The molecule has 176 valence electrons. The second-order valence-electron chi connectivity index (χ2n) is 8.23. The summed E-state index contributed by atoms with van der Waals surface area (Å²) in [6.45, 7) is 3.62. The third kappa shape index (κ3) is 4.15. The number of rotatable bonds is 4. The summed E-state index contributed by atoms with van der Waals surface area (Å²) in [5.74, 6) is 0.0669. The number of amidine groups is 2. The largest absolute Gasteiger partial charge is 0.309 e. The number of nitrogens with zero attached hydrogens (tertiary/aromatic N) is 3. The van der Waals surface area contributed by atoms with E-state index in [-0.39, 0.29) is 33.5 Å². The molecule has 4 nitrogen and oxygen atoms in total. The Morgan fingerprint density at radius 2 is 1.30 bits per heavy atom. The smallest absolute Gasteiger partial charge is 0.161 e. The first kappa shape index (κ1) is 15.1. The van der Waals surface area contributed by atoms with E-state index in [1.54, 1.807) is 30.3 Å². The normalized spacial score (nSPS) is 14.6. The fourth-order valence-corrected chi connectivity index (χ4v) is 4.30. The van der Waals surface area contributed by atoms with Gasteiger partial charge in [-0.2, -0.15) is 0 Å². The zero-order valence-corrected chi connectivity index (χ0v) is 19.6. The maximum absolute atomic E-state index is 8.97. The van der Waals surface area contributed by atoms with Crippen molar-refractivity contribution in [3.8, 4) is 16.8 Å². The second-order valence-corrected chi connectivity index (χ2v) is 8.23. The van der Waals surface area contributed by atoms with Crippen LogP contribution in [0.3, 0.4) is 0 Å². The lowest BCUT2D eigenvalue weighted by Crippen LogP contribution is -2.05. The van der Waals surface area contributed by atoms with E-state index in [0.29, 0.717) is 22.4 Å². The summed E-state index contributed by atoms with van der Waals surface area (Å²) >= 11 is 0. The Morgan fingerprint density at radius 1 is 0.703 bits per heavy atom. The molecule has 37 heavy (non-hydrogen) atoms. The lowest BCUT2D eigenvalue weighted by Gasteiger charge is -2.13. The Kier molecular flexibility index (Phi) is 3.89. The van der Waals surface area contributed by atoms with E-state index in [4.69, 9.17) is 16.4 Å². The molecule has 1 aromatic heterocycles. The summed E-state index contributed by atoms with van der Waals surface area (Å²) in [6.07, 6.45) is 0. The Morgan fingerprint density at radius 3 is 1.92 bits per heavy atom. The summed E-state index contributed by atoms with van der Waals surface area (Å²) < 4.78 is 70.0. The molecule has 0 amide bonds. The fraction of sp³-hybridized carbons (Fsp3) is 0. The van der Waals surface area contributed by atoms with Crippen LogP contribution in [0.1, 0.15) is 22.1 Å². The highest BCUT2D eigenvalue weighted by atomic mass is 15.0. The molecule has 0 saturated carbocycles.